The summed E-state index contributed by atoms with van der Waals surface area (Å²) >= 11 is 0. The number of fused-ring (bicyclic) bond motifs is 1. The zero-order valence-electron chi connectivity index (χ0n) is 15.3. The highest BCUT2D eigenvalue weighted by Gasteiger charge is 2.15. The summed E-state index contributed by atoms with van der Waals surface area (Å²) in [6.07, 6.45) is 0. The lowest BCUT2D eigenvalue weighted by atomic mass is 10.1. The lowest BCUT2D eigenvalue weighted by molar-refractivity contribution is 0.0342. The summed E-state index contributed by atoms with van der Waals surface area (Å²) in [4.78, 5) is 14.8. The molecule has 0 bridgehead atoms. The van der Waals surface area contributed by atoms with E-state index < -0.39 is 0 Å². The number of amides is 1. The highest BCUT2D eigenvalue weighted by Crippen LogP contribution is 2.30. The van der Waals surface area contributed by atoms with Gasteiger partial charge in [0.1, 0.15) is 13.2 Å². The van der Waals surface area contributed by atoms with Gasteiger partial charge in [0.2, 0.25) is 0 Å². The molecule has 142 valence electrons. The van der Waals surface area contributed by atoms with Crippen LogP contribution in [0.1, 0.15) is 21.5 Å². The lowest BCUT2D eigenvalue weighted by Gasteiger charge is -2.26. The second-order valence-electron chi connectivity index (χ2n) is 6.75. The molecule has 1 fully saturated rings. The van der Waals surface area contributed by atoms with Crippen LogP contribution in [0.4, 0.5) is 0 Å². The summed E-state index contributed by atoms with van der Waals surface area (Å²) in [5.74, 6) is 1.19. The van der Waals surface area contributed by atoms with Crippen LogP contribution in [0.2, 0.25) is 0 Å². The van der Waals surface area contributed by atoms with Crippen LogP contribution in [0, 0.1) is 0 Å². The van der Waals surface area contributed by atoms with Gasteiger partial charge in [-0.2, -0.15) is 0 Å². The monoisotopic (exact) mass is 368 g/mol. The van der Waals surface area contributed by atoms with Crippen LogP contribution in [0.15, 0.2) is 42.5 Å². The average Bonchev–Trinajstić information content (AvgIpc) is 2.73. The van der Waals surface area contributed by atoms with Gasteiger partial charge < -0.3 is 19.5 Å². The minimum atomic E-state index is -0.121. The van der Waals surface area contributed by atoms with Gasteiger partial charge in [0, 0.05) is 31.7 Å². The van der Waals surface area contributed by atoms with Crippen LogP contribution in [-0.2, 0) is 17.8 Å². The first-order chi connectivity index (χ1) is 13.3. The maximum Gasteiger partial charge on any atom is 0.251 e. The van der Waals surface area contributed by atoms with Crippen LogP contribution in [0.25, 0.3) is 0 Å². The molecule has 6 heteroatoms. The first kappa shape index (κ1) is 17.8. The molecular formula is C21H24N2O4. The summed E-state index contributed by atoms with van der Waals surface area (Å²) in [5, 5.41) is 2.96. The Morgan fingerprint density at radius 1 is 0.889 bits per heavy atom. The van der Waals surface area contributed by atoms with E-state index in [-0.39, 0.29) is 5.91 Å². The minimum absolute atomic E-state index is 0.121. The summed E-state index contributed by atoms with van der Waals surface area (Å²) in [6.45, 7) is 6.06. The van der Waals surface area contributed by atoms with E-state index in [1.807, 2.05) is 0 Å². The normalized spacial score (nSPS) is 16.7. The van der Waals surface area contributed by atoms with Crippen molar-refractivity contribution in [3.8, 4) is 11.5 Å². The predicted octanol–water partition coefficient (Wildman–Crippen LogP) is 2.22. The van der Waals surface area contributed by atoms with Gasteiger partial charge >= 0.3 is 0 Å². The number of rotatable bonds is 5. The fourth-order valence-electron chi connectivity index (χ4n) is 3.25. The van der Waals surface area contributed by atoms with Crippen molar-refractivity contribution in [2.45, 2.75) is 13.1 Å². The van der Waals surface area contributed by atoms with Gasteiger partial charge in [-0.25, -0.2) is 0 Å². The van der Waals surface area contributed by atoms with E-state index >= 15 is 0 Å². The third-order valence-corrected chi connectivity index (χ3v) is 4.79. The number of nitrogens with one attached hydrogen (secondary N) is 1. The van der Waals surface area contributed by atoms with Crippen LogP contribution >= 0.6 is 0 Å². The molecule has 2 aromatic carbocycles. The average molecular weight is 368 g/mol. The molecule has 2 aliphatic rings. The Kier molecular flexibility index (Phi) is 5.55. The SMILES string of the molecule is O=C(NCc1ccc(CN2CCOCC2)cc1)c1ccc2c(c1)OCCO2. The van der Waals surface area contributed by atoms with E-state index in [2.05, 4.69) is 34.5 Å². The third-order valence-electron chi connectivity index (χ3n) is 4.79. The van der Waals surface area contributed by atoms with E-state index in [1.165, 1.54) is 5.56 Å². The Morgan fingerprint density at radius 3 is 2.37 bits per heavy atom. The Bertz CT molecular complexity index is 785. The van der Waals surface area contributed by atoms with Crippen molar-refractivity contribution in [1.82, 2.24) is 10.2 Å². The second kappa shape index (κ2) is 8.41. The van der Waals surface area contributed by atoms with Gasteiger partial charge in [-0.05, 0) is 29.3 Å². The number of hydrogen-bond acceptors (Lipinski definition) is 5. The quantitative estimate of drug-likeness (QED) is 0.877. The van der Waals surface area contributed by atoms with Crippen molar-refractivity contribution in [1.29, 1.82) is 0 Å². The number of carbonyl (C=O) groups is 1. The summed E-state index contributed by atoms with van der Waals surface area (Å²) in [7, 11) is 0. The van der Waals surface area contributed by atoms with Crippen LogP contribution in [-0.4, -0.2) is 50.3 Å². The van der Waals surface area contributed by atoms with E-state index in [9.17, 15) is 4.79 Å². The molecule has 0 spiro atoms. The minimum Gasteiger partial charge on any atom is -0.486 e. The zero-order valence-corrected chi connectivity index (χ0v) is 15.3. The van der Waals surface area contributed by atoms with Gasteiger partial charge in [-0.3, -0.25) is 9.69 Å². The molecule has 0 atom stereocenters. The smallest absolute Gasteiger partial charge is 0.251 e. The lowest BCUT2D eigenvalue weighted by Crippen LogP contribution is -2.35. The van der Waals surface area contributed by atoms with Gasteiger partial charge in [-0.15, -0.1) is 0 Å². The van der Waals surface area contributed by atoms with Gasteiger partial charge in [-0.1, -0.05) is 24.3 Å². The summed E-state index contributed by atoms with van der Waals surface area (Å²) in [5.41, 5.74) is 2.92. The first-order valence-electron chi connectivity index (χ1n) is 9.34. The van der Waals surface area contributed by atoms with Crippen LogP contribution < -0.4 is 14.8 Å². The Morgan fingerprint density at radius 2 is 1.59 bits per heavy atom. The van der Waals surface area contributed by atoms with Crippen molar-refractivity contribution in [2.75, 3.05) is 39.5 Å². The van der Waals surface area contributed by atoms with Crippen molar-refractivity contribution in [3.63, 3.8) is 0 Å². The Labute approximate surface area is 159 Å². The largest absolute Gasteiger partial charge is 0.486 e. The molecule has 1 amide bonds. The molecule has 2 heterocycles. The number of hydrogen-bond donors (Lipinski definition) is 1. The fourth-order valence-corrected chi connectivity index (χ4v) is 3.25. The standard InChI is InChI=1S/C21H24N2O4/c24-21(18-5-6-19-20(13-18)27-12-11-26-19)22-14-16-1-3-17(4-2-16)15-23-7-9-25-10-8-23/h1-6,13H,7-12,14-15H2,(H,22,24). The summed E-state index contributed by atoms with van der Waals surface area (Å²) < 4.78 is 16.4. The third kappa shape index (κ3) is 4.59. The number of nitrogens with zero attached hydrogens (tertiary/aromatic N) is 1. The molecule has 1 N–H and O–H groups in total. The Hall–Kier alpha value is -2.57. The van der Waals surface area contributed by atoms with E-state index in [4.69, 9.17) is 14.2 Å². The molecular weight excluding hydrogens is 344 g/mol. The molecule has 6 nitrogen and oxygen atoms in total. The number of morpholine rings is 1. The van der Waals surface area contributed by atoms with Gasteiger partial charge in [0.15, 0.2) is 11.5 Å². The number of ether oxygens (including phenoxy) is 3. The highest BCUT2D eigenvalue weighted by molar-refractivity contribution is 5.94. The number of benzene rings is 2. The predicted molar refractivity (Wildman–Crippen MR) is 101 cm³/mol. The Balaban J connectivity index is 1.31. The molecule has 27 heavy (non-hydrogen) atoms. The van der Waals surface area contributed by atoms with Gasteiger partial charge in [0.05, 0.1) is 13.2 Å². The maximum absolute atomic E-state index is 12.4. The van der Waals surface area contributed by atoms with Crippen molar-refractivity contribution >= 4 is 5.91 Å². The highest BCUT2D eigenvalue weighted by atomic mass is 16.6. The maximum atomic E-state index is 12.4. The van der Waals surface area contributed by atoms with Crippen molar-refractivity contribution in [2.24, 2.45) is 0 Å². The topological polar surface area (TPSA) is 60.0 Å². The molecule has 0 radical (unpaired) electrons. The van der Waals surface area contributed by atoms with Crippen molar-refractivity contribution < 1.29 is 19.0 Å². The second-order valence-corrected chi connectivity index (χ2v) is 6.75. The van der Waals surface area contributed by atoms with Crippen LogP contribution in [0.5, 0.6) is 11.5 Å². The van der Waals surface area contributed by atoms with Crippen LogP contribution in [0.3, 0.4) is 0 Å². The summed E-state index contributed by atoms with van der Waals surface area (Å²) in [6, 6.07) is 13.7. The van der Waals surface area contributed by atoms with Crippen molar-refractivity contribution in [3.05, 3.63) is 59.2 Å². The molecule has 0 aromatic heterocycles. The number of carbonyl (C=O) groups excluding carboxylic acids is 1. The molecule has 0 saturated carbocycles. The van der Waals surface area contributed by atoms with E-state index in [0.717, 1.165) is 38.4 Å². The molecule has 2 aromatic rings. The molecule has 4 rings (SSSR count). The molecule has 0 unspecified atom stereocenters. The van der Waals surface area contributed by atoms with E-state index in [0.29, 0.717) is 36.8 Å². The first-order valence-corrected chi connectivity index (χ1v) is 9.34. The van der Waals surface area contributed by atoms with E-state index in [1.54, 1.807) is 18.2 Å². The zero-order chi connectivity index (χ0) is 18.5. The fraction of sp³-hybridized carbons (Fsp3) is 0.381. The van der Waals surface area contributed by atoms with Gasteiger partial charge in [0.25, 0.3) is 5.91 Å². The molecule has 2 aliphatic heterocycles. The molecule has 1 saturated heterocycles. The molecule has 0 aliphatic carbocycles.